The Morgan fingerprint density at radius 3 is 2.58 bits per heavy atom. The normalized spacial score (nSPS) is 12.0. The van der Waals surface area contributed by atoms with E-state index >= 15 is 0 Å². The lowest BCUT2D eigenvalue weighted by molar-refractivity contribution is -0.140. The Bertz CT molecular complexity index is 434. The Kier molecular flexibility index (Phi) is 5.29. The Morgan fingerprint density at radius 2 is 2.11 bits per heavy atom. The van der Waals surface area contributed by atoms with Crippen molar-refractivity contribution in [3.8, 4) is 0 Å². The summed E-state index contributed by atoms with van der Waals surface area (Å²) < 4.78 is 0. The summed E-state index contributed by atoms with van der Waals surface area (Å²) in [6, 6.07) is 4.12. The third-order valence-electron chi connectivity index (χ3n) is 2.68. The smallest absolute Gasteiger partial charge is 0.326 e. The van der Waals surface area contributed by atoms with Crippen molar-refractivity contribution in [3.63, 3.8) is 0 Å². The van der Waals surface area contributed by atoms with Crippen molar-refractivity contribution < 1.29 is 14.7 Å². The number of hydrogen-bond acceptors (Lipinski definition) is 3. The van der Waals surface area contributed by atoms with Crippen LogP contribution in [-0.4, -0.2) is 40.1 Å². The van der Waals surface area contributed by atoms with E-state index in [-0.39, 0.29) is 5.92 Å². The van der Waals surface area contributed by atoms with E-state index in [1.165, 1.54) is 4.90 Å². The van der Waals surface area contributed by atoms with Crippen LogP contribution in [0.5, 0.6) is 0 Å². The molecule has 0 unspecified atom stereocenters. The Balaban J connectivity index is 2.60. The van der Waals surface area contributed by atoms with Crippen LogP contribution in [0.1, 0.15) is 19.5 Å². The molecular formula is C13H19N3O3. The van der Waals surface area contributed by atoms with Gasteiger partial charge in [-0.25, -0.2) is 9.59 Å². The Labute approximate surface area is 112 Å². The third-order valence-corrected chi connectivity index (χ3v) is 2.68. The lowest BCUT2D eigenvalue weighted by atomic mass is 10.1. The maximum atomic E-state index is 11.9. The van der Waals surface area contributed by atoms with E-state index in [0.29, 0.717) is 6.54 Å². The topological polar surface area (TPSA) is 82.5 Å². The fraction of sp³-hybridized carbons (Fsp3) is 0.462. The van der Waals surface area contributed by atoms with Gasteiger partial charge in [-0.05, 0) is 18.1 Å². The van der Waals surface area contributed by atoms with E-state index in [9.17, 15) is 9.59 Å². The predicted octanol–water partition coefficient (Wildman–Crippen LogP) is 1.33. The van der Waals surface area contributed by atoms with Gasteiger partial charge in [-0.3, -0.25) is 4.98 Å². The molecule has 0 saturated carbocycles. The SMILES string of the molecule is CC(C)[C@H](NC(=O)N(C)Cc1ccccn1)C(=O)O. The van der Waals surface area contributed by atoms with Crippen LogP contribution in [0.3, 0.4) is 0 Å². The van der Waals surface area contributed by atoms with Gasteiger partial charge in [-0.2, -0.15) is 0 Å². The second-order valence-corrected chi connectivity index (χ2v) is 4.69. The first-order chi connectivity index (χ1) is 8.91. The summed E-state index contributed by atoms with van der Waals surface area (Å²) in [5.74, 6) is -1.21. The lowest BCUT2D eigenvalue weighted by Crippen LogP contribution is -2.48. The number of aliphatic carboxylic acids is 1. The number of carboxylic acid groups (broad SMARTS) is 1. The molecule has 0 bridgehead atoms. The number of carbonyl (C=O) groups excluding carboxylic acids is 1. The van der Waals surface area contributed by atoms with E-state index in [2.05, 4.69) is 10.3 Å². The zero-order valence-electron chi connectivity index (χ0n) is 11.3. The molecule has 0 radical (unpaired) electrons. The fourth-order valence-electron chi connectivity index (χ4n) is 1.56. The summed E-state index contributed by atoms with van der Waals surface area (Å²) in [7, 11) is 1.60. The molecule has 6 nitrogen and oxygen atoms in total. The van der Waals surface area contributed by atoms with E-state index in [1.807, 2.05) is 6.07 Å². The molecule has 1 rings (SSSR count). The molecule has 0 aliphatic carbocycles. The Morgan fingerprint density at radius 1 is 1.42 bits per heavy atom. The lowest BCUT2D eigenvalue weighted by Gasteiger charge is -2.23. The molecule has 19 heavy (non-hydrogen) atoms. The first kappa shape index (κ1) is 14.9. The quantitative estimate of drug-likeness (QED) is 0.841. The zero-order chi connectivity index (χ0) is 14.4. The molecule has 2 N–H and O–H groups in total. The predicted molar refractivity (Wildman–Crippen MR) is 70.5 cm³/mol. The fourth-order valence-corrected chi connectivity index (χ4v) is 1.56. The van der Waals surface area contributed by atoms with Crippen LogP contribution in [0.4, 0.5) is 4.79 Å². The second-order valence-electron chi connectivity index (χ2n) is 4.69. The van der Waals surface area contributed by atoms with Crippen molar-refractivity contribution in [2.24, 2.45) is 5.92 Å². The van der Waals surface area contributed by atoms with Gasteiger partial charge in [-0.1, -0.05) is 19.9 Å². The molecular weight excluding hydrogens is 246 g/mol. The molecule has 0 aliphatic rings. The average Bonchev–Trinajstić information content (AvgIpc) is 2.35. The van der Waals surface area contributed by atoms with Gasteiger partial charge in [0.2, 0.25) is 0 Å². The van der Waals surface area contributed by atoms with Crippen LogP contribution < -0.4 is 5.32 Å². The first-order valence-electron chi connectivity index (χ1n) is 6.06. The highest BCUT2D eigenvalue weighted by Gasteiger charge is 2.24. The van der Waals surface area contributed by atoms with E-state index in [4.69, 9.17) is 5.11 Å². The molecule has 1 aromatic heterocycles. The summed E-state index contributed by atoms with van der Waals surface area (Å²) in [5, 5.41) is 11.5. The van der Waals surface area contributed by atoms with Crippen molar-refractivity contribution >= 4 is 12.0 Å². The van der Waals surface area contributed by atoms with Gasteiger partial charge in [0.05, 0.1) is 12.2 Å². The highest BCUT2D eigenvalue weighted by atomic mass is 16.4. The van der Waals surface area contributed by atoms with Gasteiger partial charge in [-0.15, -0.1) is 0 Å². The van der Waals surface area contributed by atoms with E-state index in [1.54, 1.807) is 39.2 Å². The Hall–Kier alpha value is -2.11. The van der Waals surface area contributed by atoms with Gasteiger partial charge in [0.15, 0.2) is 0 Å². The van der Waals surface area contributed by atoms with Crippen LogP contribution in [0.25, 0.3) is 0 Å². The summed E-state index contributed by atoms with van der Waals surface area (Å²) in [4.78, 5) is 28.4. The number of urea groups is 1. The van der Waals surface area contributed by atoms with Crippen LogP contribution >= 0.6 is 0 Å². The van der Waals surface area contributed by atoms with Gasteiger partial charge < -0.3 is 15.3 Å². The van der Waals surface area contributed by atoms with Crippen molar-refractivity contribution in [2.45, 2.75) is 26.4 Å². The highest BCUT2D eigenvalue weighted by molar-refractivity contribution is 5.82. The average molecular weight is 265 g/mol. The van der Waals surface area contributed by atoms with Crippen LogP contribution in [-0.2, 0) is 11.3 Å². The monoisotopic (exact) mass is 265 g/mol. The molecule has 0 fully saturated rings. The maximum absolute atomic E-state index is 11.9. The maximum Gasteiger partial charge on any atom is 0.326 e. The van der Waals surface area contributed by atoms with Gasteiger partial charge in [0.25, 0.3) is 0 Å². The number of carbonyl (C=O) groups is 2. The minimum atomic E-state index is -1.03. The summed E-state index contributed by atoms with van der Waals surface area (Å²) >= 11 is 0. The molecule has 0 spiro atoms. The molecule has 0 saturated heterocycles. The van der Waals surface area contributed by atoms with Gasteiger partial charge in [0, 0.05) is 13.2 Å². The second kappa shape index (κ2) is 6.72. The molecule has 2 amide bonds. The zero-order valence-corrected chi connectivity index (χ0v) is 11.3. The molecule has 0 aliphatic heterocycles. The van der Waals surface area contributed by atoms with Crippen molar-refractivity contribution in [3.05, 3.63) is 30.1 Å². The number of carboxylic acids is 1. The summed E-state index contributed by atoms with van der Waals surface area (Å²) in [5.41, 5.74) is 0.747. The number of rotatable bonds is 5. The van der Waals surface area contributed by atoms with E-state index < -0.39 is 18.0 Å². The largest absolute Gasteiger partial charge is 0.480 e. The summed E-state index contributed by atoms with van der Waals surface area (Å²) in [6.07, 6.45) is 1.65. The third kappa shape index (κ3) is 4.57. The minimum absolute atomic E-state index is 0.176. The van der Waals surface area contributed by atoms with Crippen LogP contribution in [0.15, 0.2) is 24.4 Å². The molecule has 104 valence electrons. The molecule has 0 aromatic carbocycles. The summed E-state index contributed by atoms with van der Waals surface area (Å²) in [6.45, 7) is 3.83. The van der Waals surface area contributed by atoms with Crippen LogP contribution in [0.2, 0.25) is 0 Å². The number of aromatic nitrogens is 1. The highest BCUT2D eigenvalue weighted by Crippen LogP contribution is 2.04. The van der Waals surface area contributed by atoms with Crippen molar-refractivity contribution in [1.29, 1.82) is 0 Å². The number of amides is 2. The van der Waals surface area contributed by atoms with Crippen LogP contribution in [0, 0.1) is 5.92 Å². The number of nitrogens with one attached hydrogen (secondary N) is 1. The minimum Gasteiger partial charge on any atom is -0.480 e. The molecule has 6 heteroatoms. The van der Waals surface area contributed by atoms with E-state index in [0.717, 1.165) is 5.69 Å². The van der Waals surface area contributed by atoms with Gasteiger partial charge in [0.1, 0.15) is 6.04 Å². The van der Waals surface area contributed by atoms with Crippen molar-refractivity contribution in [2.75, 3.05) is 7.05 Å². The standard InChI is InChI=1S/C13H19N3O3/c1-9(2)11(12(17)18)15-13(19)16(3)8-10-6-4-5-7-14-10/h4-7,9,11H,8H2,1-3H3,(H,15,19)(H,17,18)/t11-/m0/s1. The number of pyridine rings is 1. The number of hydrogen-bond donors (Lipinski definition) is 2. The molecule has 1 aromatic rings. The number of nitrogens with zero attached hydrogens (tertiary/aromatic N) is 2. The van der Waals surface area contributed by atoms with Gasteiger partial charge >= 0.3 is 12.0 Å². The molecule has 1 atom stereocenters. The first-order valence-corrected chi connectivity index (χ1v) is 6.06. The molecule has 1 heterocycles. The van der Waals surface area contributed by atoms with Crippen molar-refractivity contribution in [1.82, 2.24) is 15.2 Å².